The fourth-order valence-corrected chi connectivity index (χ4v) is 5.61. The number of benzene rings is 2. The van der Waals surface area contributed by atoms with E-state index in [9.17, 15) is 14.7 Å². The first-order valence-corrected chi connectivity index (χ1v) is 14.1. The third-order valence-electron chi connectivity index (χ3n) is 7.69. The maximum absolute atomic E-state index is 12.7. The van der Waals surface area contributed by atoms with Crippen LogP contribution in [0.2, 0.25) is 5.02 Å². The number of halogens is 1. The number of amides is 1. The van der Waals surface area contributed by atoms with Gasteiger partial charge in [-0.25, -0.2) is 0 Å². The zero-order valence-electron chi connectivity index (χ0n) is 21.9. The Bertz CT molecular complexity index is 1090. The molecule has 1 N–H and O–H groups in total. The van der Waals surface area contributed by atoms with E-state index < -0.39 is 11.9 Å². The standard InChI is InChI=1S/C30H39ClN2O4/c1-32-16-6-3-2-4-7-17-33-18-8-5-9-22-19-25(31)12-10-24(22)21-37-28-14-11-23(20-27(28)33)26(30(35)36)13-15-29(32)34/h10-12,14,19-20,26H,2-9,13,15-18,21H2,1H3,(H,35,36)/t26-/m0/s1. The van der Waals surface area contributed by atoms with Crippen molar-refractivity contribution in [2.24, 2.45) is 0 Å². The van der Waals surface area contributed by atoms with Crippen molar-refractivity contribution in [2.75, 3.05) is 31.6 Å². The molecule has 2 aromatic rings. The van der Waals surface area contributed by atoms with Crippen LogP contribution in [-0.4, -0.2) is 48.6 Å². The lowest BCUT2D eigenvalue weighted by molar-refractivity contribution is -0.139. The summed E-state index contributed by atoms with van der Waals surface area (Å²) < 4.78 is 6.38. The van der Waals surface area contributed by atoms with E-state index in [1.807, 2.05) is 43.4 Å². The third-order valence-corrected chi connectivity index (χ3v) is 7.93. The van der Waals surface area contributed by atoms with E-state index in [1.165, 1.54) is 5.56 Å². The molecule has 2 heterocycles. The van der Waals surface area contributed by atoms with Crippen molar-refractivity contribution in [3.8, 4) is 5.75 Å². The van der Waals surface area contributed by atoms with Crippen molar-refractivity contribution in [1.82, 2.24) is 4.90 Å². The van der Waals surface area contributed by atoms with Gasteiger partial charge in [-0.15, -0.1) is 0 Å². The van der Waals surface area contributed by atoms with Crippen molar-refractivity contribution in [2.45, 2.75) is 76.7 Å². The predicted molar refractivity (Wildman–Crippen MR) is 148 cm³/mol. The Balaban J connectivity index is 1.68. The third kappa shape index (κ3) is 7.41. The van der Waals surface area contributed by atoms with Crippen LogP contribution in [0.15, 0.2) is 36.4 Å². The van der Waals surface area contributed by atoms with Crippen molar-refractivity contribution >= 4 is 29.2 Å². The number of carboxylic acids is 1. The van der Waals surface area contributed by atoms with Crippen LogP contribution in [0.5, 0.6) is 5.75 Å². The number of nitrogens with zero attached hydrogens (tertiary/aromatic N) is 2. The quantitative estimate of drug-likeness (QED) is 0.463. The van der Waals surface area contributed by atoms with Gasteiger partial charge in [0, 0.05) is 38.1 Å². The number of aliphatic carboxylic acids is 1. The summed E-state index contributed by atoms with van der Waals surface area (Å²) in [6, 6.07) is 11.8. The summed E-state index contributed by atoms with van der Waals surface area (Å²) in [6.45, 7) is 2.97. The fraction of sp³-hybridized carbons (Fsp3) is 0.533. The highest BCUT2D eigenvalue weighted by molar-refractivity contribution is 6.30. The number of hydrogen-bond donors (Lipinski definition) is 1. The molecule has 0 unspecified atom stereocenters. The van der Waals surface area contributed by atoms with Crippen LogP contribution in [0.3, 0.4) is 0 Å². The number of anilines is 1. The number of ether oxygens (including phenoxy) is 1. The summed E-state index contributed by atoms with van der Waals surface area (Å²) >= 11 is 6.28. The second-order valence-corrected chi connectivity index (χ2v) is 10.8. The molecule has 2 bridgehead atoms. The molecule has 2 aliphatic heterocycles. The summed E-state index contributed by atoms with van der Waals surface area (Å²) in [6.07, 6.45) is 8.97. The van der Waals surface area contributed by atoms with Crippen LogP contribution < -0.4 is 9.64 Å². The lowest BCUT2D eigenvalue weighted by Gasteiger charge is -2.28. The van der Waals surface area contributed by atoms with Gasteiger partial charge in [-0.1, -0.05) is 43.0 Å². The minimum Gasteiger partial charge on any atom is -0.487 e. The molecule has 0 saturated carbocycles. The first-order chi connectivity index (χ1) is 17.9. The van der Waals surface area contributed by atoms with Crippen LogP contribution >= 0.6 is 11.6 Å². The monoisotopic (exact) mass is 526 g/mol. The smallest absolute Gasteiger partial charge is 0.310 e. The molecule has 6 nitrogen and oxygen atoms in total. The molecule has 7 heteroatoms. The second kappa shape index (κ2) is 13.2. The summed E-state index contributed by atoms with van der Waals surface area (Å²) in [4.78, 5) is 29.1. The minimum absolute atomic E-state index is 0.0114. The molecule has 0 saturated heterocycles. The largest absolute Gasteiger partial charge is 0.487 e. The molecular formula is C30H39ClN2O4. The molecule has 0 spiro atoms. The van der Waals surface area contributed by atoms with Crippen molar-refractivity contribution < 1.29 is 19.4 Å². The molecule has 1 amide bonds. The van der Waals surface area contributed by atoms with Crippen LogP contribution in [0.25, 0.3) is 0 Å². The Morgan fingerprint density at radius 1 is 0.919 bits per heavy atom. The summed E-state index contributed by atoms with van der Waals surface area (Å²) in [5, 5.41) is 10.8. The molecule has 0 aliphatic carbocycles. The molecule has 4 rings (SSSR count). The topological polar surface area (TPSA) is 70.1 Å². The van der Waals surface area contributed by atoms with E-state index in [2.05, 4.69) is 4.90 Å². The van der Waals surface area contributed by atoms with E-state index in [0.29, 0.717) is 6.61 Å². The van der Waals surface area contributed by atoms with Gasteiger partial charge in [-0.05, 0) is 79.5 Å². The minimum atomic E-state index is -0.897. The second-order valence-electron chi connectivity index (χ2n) is 10.4. The van der Waals surface area contributed by atoms with E-state index in [4.69, 9.17) is 16.3 Å². The number of aryl methyl sites for hydroxylation is 1. The molecule has 2 aliphatic rings. The summed E-state index contributed by atoms with van der Waals surface area (Å²) in [7, 11) is 1.82. The molecule has 37 heavy (non-hydrogen) atoms. The van der Waals surface area contributed by atoms with Crippen LogP contribution in [0, 0.1) is 0 Å². The van der Waals surface area contributed by atoms with Gasteiger partial charge in [0.2, 0.25) is 5.91 Å². The molecule has 0 fully saturated rings. The van der Waals surface area contributed by atoms with Gasteiger partial charge in [-0.2, -0.15) is 0 Å². The van der Waals surface area contributed by atoms with Gasteiger partial charge < -0.3 is 19.6 Å². The highest BCUT2D eigenvalue weighted by atomic mass is 35.5. The summed E-state index contributed by atoms with van der Waals surface area (Å²) in [5.74, 6) is -0.852. The molecule has 1 atom stereocenters. The average Bonchev–Trinajstić information content (AvgIpc) is 2.90. The normalized spacial score (nSPS) is 20.4. The zero-order chi connectivity index (χ0) is 26.2. The Morgan fingerprint density at radius 2 is 1.65 bits per heavy atom. The fourth-order valence-electron chi connectivity index (χ4n) is 5.41. The number of carbonyl (C=O) groups is 2. The van der Waals surface area contributed by atoms with Gasteiger partial charge in [0.1, 0.15) is 12.4 Å². The number of fused-ring (bicyclic) bond motifs is 2. The molecule has 0 aromatic heterocycles. The molecule has 200 valence electrons. The number of rotatable bonds is 1. The number of carbonyl (C=O) groups excluding carboxylic acids is 1. The van der Waals surface area contributed by atoms with Crippen molar-refractivity contribution in [1.29, 1.82) is 0 Å². The van der Waals surface area contributed by atoms with Gasteiger partial charge in [-0.3, -0.25) is 9.59 Å². The van der Waals surface area contributed by atoms with Crippen molar-refractivity contribution in [3.63, 3.8) is 0 Å². The highest BCUT2D eigenvalue weighted by Gasteiger charge is 2.25. The van der Waals surface area contributed by atoms with Crippen LogP contribution in [0.4, 0.5) is 5.69 Å². The van der Waals surface area contributed by atoms with E-state index in [0.717, 1.165) is 98.6 Å². The Morgan fingerprint density at radius 3 is 2.43 bits per heavy atom. The molecular weight excluding hydrogens is 488 g/mol. The van der Waals surface area contributed by atoms with Crippen LogP contribution in [0.1, 0.15) is 80.4 Å². The van der Waals surface area contributed by atoms with E-state index >= 15 is 0 Å². The Labute approximate surface area is 225 Å². The lowest BCUT2D eigenvalue weighted by atomic mass is 9.93. The number of hydrogen-bond acceptors (Lipinski definition) is 4. The maximum atomic E-state index is 12.7. The zero-order valence-corrected chi connectivity index (χ0v) is 22.6. The van der Waals surface area contributed by atoms with Crippen molar-refractivity contribution in [3.05, 3.63) is 58.1 Å². The Kier molecular flexibility index (Phi) is 9.73. The number of carboxylic acid groups (broad SMARTS) is 1. The predicted octanol–water partition coefficient (Wildman–Crippen LogP) is 6.43. The van der Waals surface area contributed by atoms with Gasteiger partial charge in [0.05, 0.1) is 11.6 Å². The van der Waals surface area contributed by atoms with Gasteiger partial charge in [0.15, 0.2) is 0 Å². The SMILES string of the molecule is CN1CCCCCCCN2CCCCc3cc(Cl)ccc3COc3ccc(cc32)[C@@H](C(=O)O)CCC1=O. The maximum Gasteiger partial charge on any atom is 0.310 e. The first-order valence-electron chi connectivity index (χ1n) is 13.7. The lowest BCUT2D eigenvalue weighted by Crippen LogP contribution is -2.29. The molecule has 2 aromatic carbocycles. The van der Waals surface area contributed by atoms with E-state index in [1.54, 1.807) is 4.90 Å². The summed E-state index contributed by atoms with van der Waals surface area (Å²) in [5.41, 5.74) is 4.04. The Hall–Kier alpha value is -2.73. The average molecular weight is 527 g/mol. The van der Waals surface area contributed by atoms with Crippen LogP contribution in [-0.2, 0) is 22.6 Å². The van der Waals surface area contributed by atoms with Gasteiger partial charge in [0.25, 0.3) is 0 Å². The van der Waals surface area contributed by atoms with Gasteiger partial charge >= 0.3 is 5.97 Å². The highest BCUT2D eigenvalue weighted by Crippen LogP contribution is 2.36. The van der Waals surface area contributed by atoms with E-state index in [-0.39, 0.29) is 18.7 Å². The molecule has 0 radical (unpaired) electrons. The first kappa shape index (κ1) is 27.3.